The Morgan fingerprint density at radius 1 is 1.24 bits per heavy atom. The minimum Gasteiger partial charge on any atom is -0.406 e. The van der Waals surface area contributed by atoms with Gasteiger partial charge < -0.3 is 14.8 Å². The van der Waals surface area contributed by atoms with E-state index in [1.165, 1.54) is 24.3 Å². The van der Waals surface area contributed by atoms with E-state index < -0.39 is 6.36 Å². The summed E-state index contributed by atoms with van der Waals surface area (Å²) in [5, 5.41) is 3.02. The van der Waals surface area contributed by atoms with E-state index in [4.69, 9.17) is 4.74 Å². The fourth-order valence-electron chi connectivity index (χ4n) is 1.12. The van der Waals surface area contributed by atoms with Gasteiger partial charge in [-0.25, -0.2) is 0 Å². The maximum Gasteiger partial charge on any atom is 0.573 e. The molecule has 1 rings (SSSR count). The van der Waals surface area contributed by atoms with Crippen molar-refractivity contribution < 1.29 is 22.6 Å². The average Bonchev–Trinajstić information content (AvgIpc) is 2.25. The van der Waals surface area contributed by atoms with Crippen LogP contribution in [0.1, 0.15) is 6.92 Å². The molecule has 0 spiro atoms. The lowest BCUT2D eigenvalue weighted by atomic mass is 10.3. The lowest BCUT2D eigenvalue weighted by Gasteiger charge is -2.13. The summed E-state index contributed by atoms with van der Waals surface area (Å²) in [5.41, 5.74) is 0.712. The predicted octanol–water partition coefficient (Wildman–Crippen LogP) is 3.03. The maximum absolute atomic E-state index is 11.9. The molecule has 0 saturated carbocycles. The van der Waals surface area contributed by atoms with Crippen LogP contribution in [0.5, 0.6) is 5.75 Å². The lowest BCUT2D eigenvalue weighted by Crippen LogP contribution is -2.18. The molecule has 3 nitrogen and oxygen atoms in total. The Balaban J connectivity index is 2.50. The molecule has 0 amide bonds. The highest BCUT2D eigenvalue weighted by Crippen LogP contribution is 2.23. The summed E-state index contributed by atoms with van der Waals surface area (Å²) in [7, 11) is 1.59. The van der Waals surface area contributed by atoms with Gasteiger partial charge in [-0.1, -0.05) is 0 Å². The molecule has 0 heterocycles. The van der Waals surface area contributed by atoms with Crippen LogP contribution >= 0.6 is 0 Å². The molecule has 0 bridgehead atoms. The third kappa shape index (κ3) is 5.44. The first-order valence-corrected chi connectivity index (χ1v) is 5.03. The summed E-state index contributed by atoms with van der Waals surface area (Å²) in [6.45, 7) is 2.46. The van der Waals surface area contributed by atoms with Crippen LogP contribution in [0.15, 0.2) is 24.3 Å². The zero-order valence-corrected chi connectivity index (χ0v) is 9.54. The van der Waals surface area contributed by atoms with Gasteiger partial charge in [-0.2, -0.15) is 0 Å². The highest BCUT2D eigenvalue weighted by molar-refractivity contribution is 5.46. The molecule has 0 aliphatic carbocycles. The molecular formula is C11H14F3NO2. The van der Waals surface area contributed by atoms with Gasteiger partial charge >= 0.3 is 6.36 Å². The van der Waals surface area contributed by atoms with Crippen molar-refractivity contribution in [1.29, 1.82) is 0 Å². The Labute approximate surface area is 97.5 Å². The van der Waals surface area contributed by atoms with Crippen LogP contribution in [0.2, 0.25) is 0 Å². The van der Waals surface area contributed by atoms with Crippen molar-refractivity contribution in [1.82, 2.24) is 0 Å². The second-order valence-corrected chi connectivity index (χ2v) is 3.50. The Morgan fingerprint density at radius 2 is 1.82 bits per heavy atom. The molecule has 0 saturated heterocycles. The van der Waals surface area contributed by atoms with Gasteiger partial charge in [0.05, 0.1) is 6.10 Å². The number of ether oxygens (including phenoxy) is 2. The summed E-state index contributed by atoms with van der Waals surface area (Å²) >= 11 is 0. The molecule has 1 N–H and O–H groups in total. The maximum atomic E-state index is 11.9. The Bertz CT molecular complexity index is 338. The van der Waals surface area contributed by atoms with E-state index in [0.29, 0.717) is 12.2 Å². The van der Waals surface area contributed by atoms with E-state index in [2.05, 4.69) is 10.1 Å². The average molecular weight is 249 g/mol. The molecular weight excluding hydrogens is 235 g/mol. The topological polar surface area (TPSA) is 30.5 Å². The monoisotopic (exact) mass is 249 g/mol. The van der Waals surface area contributed by atoms with Crippen LogP contribution in [0.4, 0.5) is 18.9 Å². The summed E-state index contributed by atoms with van der Waals surface area (Å²) in [4.78, 5) is 0. The number of methoxy groups -OCH3 is 1. The largest absolute Gasteiger partial charge is 0.573 e. The third-order valence-corrected chi connectivity index (χ3v) is 2.08. The first kappa shape index (κ1) is 13.6. The van der Waals surface area contributed by atoms with E-state index in [-0.39, 0.29) is 11.9 Å². The smallest absolute Gasteiger partial charge is 0.406 e. The molecule has 1 unspecified atom stereocenters. The van der Waals surface area contributed by atoms with Crippen LogP contribution in [0.25, 0.3) is 0 Å². The standard InChI is InChI=1S/C11H14F3NO2/c1-8(16-2)7-15-9-3-5-10(6-4-9)17-11(12,13)14/h3-6,8,15H,7H2,1-2H3. The molecule has 17 heavy (non-hydrogen) atoms. The number of benzene rings is 1. The number of hydrogen-bond donors (Lipinski definition) is 1. The first-order valence-electron chi connectivity index (χ1n) is 5.03. The normalized spacial score (nSPS) is 13.2. The molecule has 1 aromatic rings. The zero-order chi connectivity index (χ0) is 12.9. The van der Waals surface area contributed by atoms with Gasteiger partial charge in [0.15, 0.2) is 0 Å². The summed E-state index contributed by atoms with van der Waals surface area (Å²) in [6.07, 6.45) is -4.62. The Morgan fingerprint density at radius 3 is 2.29 bits per heavy atom. The van der Waals surface area contributed by atoms with Gasteiger partial charge in [0.2, 0.25) is 0 Å². The molecule has 0 aliphatic heterocycles. The van der Waals surface area contributed by atoms with Gasteiger partial charge in [-0.15, -0.1) is 13.2 Å². The Kier molecular flexibility index (Phi) is 4.62. The van der Waals surface area contributed by atoms with Crippen molar-refractivity contribution in [2.75, 3.05) is 19.0 Å². The molecule has 1 aromatic carbocycles. The number of anilines is 1. The van der Waals surface area contributed by atoms with Crippen LogP contribution in [-0.4, -0.2) is 26.1 Å². The molecule has 96 valence electrons. The summed E-state index contributed by atoms with van der Waals surface area (Å²) in [6, 6.07) is 5.55. The second kappa shape index (κ2) is 5.77. The SMILES string of the molecule is COC(C)CNc1ccc(OC(F)(F)F)cc1. The lowest BCUT2D eigenvalue weighted by molar-refractivity contribution is -0.274. The van der Waals surface area contributed by atoms with Crippen molar-refractivity contribution in [3.63, 3.8) is 0 Å². The molecule has 0 radical (unpaired) electrons. The van der Waals surface area contributed by atoms with E-state index in [1.807, 2.05) is 6.92 Å². The minimum absolute atomic E-state index is 0.0288. The highest BCUT2D eigenvalue weighted by atomic mass is 19.4. The van der Waals surface area contributed by atoms with Crippen LogP contribution < -0.4 is 10.1 Å². The number of nitrogens with one attached hydrogen (secondary N) is 1. The van der Waals surface area contributed by atoms with Crippen molar-refractivity contribution in [2.24, 2.45) is 0 Å². The number of halogens is 3. The van der Waals surface area contributed by atoms with Crippen molar-refractivity contribution in [3.05, 3.63) is 24.3 Å². The van der Waals surface area contributed by atoms with E-state index in [0.717, 1.165) is 0 Å². The fraction of sp³-hybridized carbons (Fsp3) is 0.455. The fourth-order valence-corrected chi connectivity index (χ4v) is 1.12. The molecule has 0 aromatic heterocycles. The summed E-state index contributed by atoms with van der Waals surface area (Å²) < 4.78 is 44.4. The third-order valence-electron chi connectivity index (χ3n) is 2.08. The van der Waals surface area contributed by atoms with E-state index in [9.17, 15) is 13.2 Å². The van der Waals surface area contributed by atoms with Gasteiger partial charge in [0.1, 0.15) is 5.75 Å². The van der Waals surface area contributed by atoms with Crippen LogP contribution in [-0.2, 0) is 4.74 Å². The zero-order valence-electron chi connectivity index (χ0n) is 9.54. The van der Waals surface area contributed by atoms with Crippen molar-refractivity contribution in [3.8, 4) is 5.75 Å². The molecule has 6 heteroatoms. The van der Waals surface area contributed by atoms with Crippen molar-refractivity contribution in [2.45, 2.75) is 19.4 Å². The quantitative estimate of drug-likeness (QED) is 0.870. The number of hydrogen-bond acceptors (Lipinski definition) is 3. The second-order valence-electron chi connectivity index (χ2n) is 3.50. The number of alkyl halides is 3. The van der Waals surface area contributed by atoms with Crippen molar-refractivity contribution >= 4 is 5.69 Å². The molecule has 1 atom stereocenters. The minimum atomic E-state index is -4.65. The number of rotatable bonds is 5. The summed E-state index contributed by atoms with van der Waals surface area (Å²) in [5.74, 6) is -0.233. The highest BCUT2D eigenvalue weighted by Gasteiger charge is 2.30. The molecule has 0 fully saturated rings. The molecule has 0 aliphatic rings. The van der Waals surface area contributed by atoms with Gasteiger partial charge in [0.25, 0.3) is 0 Å². The van der Waals surface area contributed by atoms with Gasteiger partial charge in [-0.3, -0.25) is 0 Å². The first-order chi connectivity index (χ1) is 7.90. The van der Waals surface area contributed by atoms with Gasteiger partial charge in [0, 0.05) is 19.3 Å². The van der Waals surface area contributed by atoms with E-state index >= 15 is 0 Å². The van der Waals surface area contributed by atoms with Crippen LogP contribution in [0, 0.1) is 0 Å². The van der Waals surface area contributed by atoms with Crippen LogP contribution in [0.3, 0.4) is 0 Å². The predicted molar refractivity (Wildman–Crippen MR) is 58.1 cm³/mol. The Hall–Kier alpha value is -1.43. The van der Waals surface area contributed by atoms with Gasteiger partial charge in [-0.05, 0) is 31.2 Å². The van der Waals surface area contributed by atoms with E-state index in [1.54, 1.807) is 7.11 Å².